The van der Waals surface area contributed by atoms with Crippen molar-refractivity contribution in [3.05, 3.63) is 84.4 Å². The number of hydrogen-bond acceptors (Lipinski definition) is 1. The van der Waals surface area contributed by atoms with E-state index in [0.717, 1.165) is 11.3 Å². The van der Waals surface area contributed by atoms with Gasteiger partial charge in [0.1, 0.15) is 5.82 Å². The summed E-state index contributed by atoms with van der Waals surface area (Å²) in [5, 5.41) is 2.39. The van der Waals surface area contributed by atoms with Crippen LogP contribution in [0.15, 0.2) is 73.1 Å². The molecule has 5 rings (SSSR count). The highest BCUT2D eigenvalue weighted by Crippen LogP contribution is 2.43. The molecule has 0 bridgehead atoms. The molecule has 2 heterocycles. The van der Waals surface area contributed by atoms with Crippen molar-refractivity contribution in [1.82, 2.24) is 4.98 Å². The van der Waals surface area contributed by atoms with E-state index in [-0.39, 0.29) is 5.82 Å². The molecule has 1 aliphatic carbocycles. The molecule has 2 nitrogen and oxygen atoms in total. The molecule has 114 valence electrons. The Morgan fingerprint density at radius 2 is 1.67 bits per heavy atom. The molecule has 2 aromatic carbocycles. The third-order valence-electron chi connectivity index (χ3n) is 4.64. The number of fused-ring (bicyclic) bond motifs is 3. The van der Waals surface area contributed by atoms with Gasteiger partial charge in [-0.3, -0.25) is 4.98 Å². The number of benzene rings is 2. The van der Waals surface area contributed by atoms with E-state index in [9.17, 15) is 4.39 Å². The fourth-order valence-corrected chi connectivity index (χ4v) is 3.56. The van der Waals surface area contributed by atoms with Crippen molar-refractivity contribution in [3.63, 3.8) is 0 Å². The first-order valence-electron chi connectivity index (χ1n) is 7.97. The minimum atomic E-state index is -0.205. The average Bonchev–Trinajstić information content (AvgIpc) is 2.96. The van der Waals surface area contributed by atoms with Crippen molar-refractivity contribution in [2.45, 2.75) is 6.54 Å². The van der Waals surface area contributed by atoms with Crippen molar-refractivity contribution >= 4 is 10.8 Å². The zero-order valence-corrected chi connectivity index (χ0v) is 12.9. The first-order valence-corrected chi connectivity index (χ1v) is 7.97. The first-order chi connectivity index (χ1) is 11.8. The van der Waals surface area contributed by atoms with Gasteiger partial charge in [0, 0.05) is 23.4 Å². The molecule has 24 heavy (non-hydrogen) atoms. The standard InChI is InChI=1S/C21H14FN2/c22-16-7-5-14(6-8-16)13-24-12-10-15-9-11-23-20-17-3-1-2-4-18(17)21(24)19(15)20/h1-12H,13H2/q+1. The lowest BCUT2D eigenvalue weighted by molar-refractivity contribution is -0.676. The van der Waals surface area contributed by atoms with Crippen LogP contribution in [-0.2, 0) is 6.54 Å². The Hall–Kier alpha value is -3.07. The molecule has 4 aromatic rings. The summed E-state index contributed by atoms with van der Waals surface area (Å²) < 4.78 is 15.4. The van der Waals surface area contributed by atoms with Gasteiger partial charge in [-0.25, -0.2) is 4.39 Å². The van der Waals surface area contributed by atoms with Crippen LogP contribution in [0.1, 0.15) is 5.56 Å². The number of rotatable bonds is 2. The van der Waals surface area contributed by atoms with E-state index in [2.05, 4.69) is 52.1 Å². The van der Waals surface area contributed by atoms with Gasteiger partial charge in [-0.2, -0.15) is 4.57 Å². The maximum Gasteiger partial charge on any atom is 0.223 e. The zero-order valence-electron chi connectivity index (χ0n) is 12.9. The second kappa shape index (κ2) is 4.96. The molecule has 3 heteroatoms. The van der Waals surface area contributed by atoms with E-state index in [0.29, 0.717) is 6.54 Å². The Balaban J connectivity index is 1.76. The highest BCUT2D eigenvalue weighted by molar-refractivity contribution is 6.11. The monoisotopic (exact) mass is 313 g/mol. The van der Waals surface area contributed by atoms with Crippen LogP contribution < -0.4 is 4.57 Å². The van der Waals surface area contributed by atoms with Crippen LogP contribution in [0.3, 0.4) is 0 Å². The Morgan fingerprint density at radius 1 is 0.875 bits per heavy atom. The Morgan fingerprint density at radius 3 is 2.50 bits per heavy atom. The summed E-state index contributed by atoms with van der Waals surface area (Å²) in [4.78, 5) is 4.62. The topological polar surface area (TPSA) is 16.8 Å². The maximum atomic E-state index is 13.2. The second-order valence-electron chi connectivity index (χ2n) is 6.09. The summed E-state index contributed by atoms with van der Waals surface area (Å²) in [7, 11) is 0. The quantitative estimate of drug-likeness (QED) is 0.443. The molecule has 0 radical (unpaired) electrons. The minimum Gasteiger partial charge on any atom is -0.255 e. The van der Waals surface area contributed by atoms with E-state index in [1.54, 1.807) is 0 Å². The van der Waals surface area contributed by atoms with Crippen molar-refractivity contribution in [1.29, 1.82) is 0 Å². The highest BCUT2D eigenvalue weighted by atomic mass is 19.1. The van der Waals surface area contributed by atoms with Crippen molar-refractivity contribution < 1.29 is 8.96 Å². The van der Waals surface area contributed by atoms with Gasteiger partial charge in [-0.15, -0.1) is 0 Å². The van der Waals surface area contributed by atoms with Crippen molar-refractivity contribution in [2.24, 2.45) is 0 Å². The lowest BCUT2D eigenvalue weighted by Gasteiger charge is -2.05. The van der Waals surface area contributed by atoms with Crippen LogP contribution in [0.5, 0.6) is 0 Å². The fourth-order valence-electron chi connectivity index (χ4n) is 3.56. The van der Waals surface area contributed by atoms with Crippen LogP contribution in [0.25, 0.3) is 33.3 Å². The van der Waals surface area contributed by atoms with Crippen LogP contribution >= 0.6 is 0 Å². The Bertz CT molecular complexity index is 1080. The lowest BCUT2D eigenvalue weighted by Crippen LogP contribution is -2.36. The molecule has 0 saturated carbocycles. The largest absolute Gasteiger partial charge is 0.255 e. The molecule has 0 unspecified atom stereocenters. The van der Waals surface area contributed by atoms with Gasteiger partial charge in [-0.1, -0.05) is 18.2 Å². The summed E-state index contributed by atoms with van der Waals surface area (Å²) in [6, 6.07) is 19.3. The lowest BCUT2D eigenvalue weighted by atomic mass is 10.1. The molecule has 0 amide bonds. The summed E-state index contributed by atoms with van der Waals surface area (Å²) in [5.74, 6) is -0.205. The molecular formula is C21H14FN2+. The van der Waals surface area contributed by atoms with Crippen LogP contribution in [-0.4, -0.2) is 4.98 Å². The summed E-state index contributed by atoms with van der Waals surface area (Å²) in [5.41, 5.74) is 5.70. The highest BCUT2D eigenvalue weighted by Gasteiger charge is 2.30. The predicted octanol–water partition coefficient (Wildman–Crippen LogP) is 4.36. The van der Waals surface area contributed by atoms with E-state index in [4.69, 9.17) is 0 Å². The Kier molecular flexibility index (Phi) is 2.77. The fraction of sp³-hybridized carbons (Fsp3) is 0.0476. The number of aromatic nitrogens is 2. The number of pyridine rings is 2. The second-order valence-corrected chi connectivity index (χ2v) is 6.09. The van der Waals surface area contributed by atoms with Crippen LogP contribution in [0.2, 0.25) is 0 Å². The molecule has 0 saturated heterocycles. The van der Waals surface area contributed by atoms with Crippen LogP contribution in [0.4, 0.5) is 4.39 Å². The summed E-state index contributed by atoms with van der Waals surface area (Å²) in [6.07, 6.45) is 3.97. The molecule has 0 atom stereocenters. The smallest absolute Gasteiger partial charge is 0.223 e. The van der Waals surface area contributed by atoms with Gasteiger partial charge in [-0.05, 0) is 41.8 Å². The SMILES string of the molecule is Fc1ccc(C[n+]2ccc3ccnc4c3c2-c2ccccc2-4)cc1. The summed E-state index contributed by atoms with van der Waals surface area (Å²) >= 11 is 0. The zero-order chi connectivity index (χ0) is 16.1. The third kappa shape index (κ3) is 1.88. The third-order valence-corrected chi connectivity index (χ3v) is 4.64. The molecular weight excluding hydrogens is 299 g/mol. The molecule has 0 spiro atoms. The first kappa shape index (κ1) is 13.4. The number of halogens is 1. The minimum absolute atomic E-state index is 0.205. The van der Waals surface area contributed by atoms with Gasteiger partial charge in [0.25, 0.3) is 0 Å². The number of hydrogen-bond donors (Lipinski definition) is 0. The number of nitrogens with zero attached hydrogens (tertiary/aromatic N) is 2. The van der Waals surface area contributed by atoms with E-state index in [1.807, 2.05) is 18.3 Å². The van der Waals surface area contributed by atoms with Gasteiger partial charge >= 0.3 is 0 Å². The molecule has 0 N–H and O–H groups in total. The van der Waals surface area contributed by atoms with Gasteiger partial charge < -0.3 is 0 Å². The Labute approximate surface area is 138 Å². The summed E-state index contributed by atoms with van der Waals surface area (Å²) in [6.45, 7) is 0.703. The average molecular weight is 313 g/mol. The molecule has 0 fully saturated rings. The van der Waals surface area contributed by atoms with E-state index in [1.165, 1.54) is 39.7 Å². The normalized spacial score (nSPS) is 11.7. The van der Waals surface area contributed by atoms with E-state index < -0.39 is 0 Å². The maximum absolute atomic E-state index is 13.2. The van der Waals surface area contributed by atoms with Gasteiger partial charge in [0.15, 0.2) is 12.7 Å². The van der Waals surface area contributed by atoms with E-state index >= 15 is 0 Å². The molecule has 2 aromatic heterocycles. The van der Waals surface area contributed by atoms with Gasteiger partial charge in [0.05, 0.1) is 16.6 Å². The molecule has 1 aliphatic rings. The van der Waals surface area contributed by atoms with Crippen LogP contribution in [0, 0.1) is 5.82 Å². The van der Waals surface area contributed by atoms with Gasteiger partial charge in [0.2, 0.25) is 5.69 Å². The van der Waals surface area contributed by atoms with Crippen molar-refractivity contribution in [3.8, 4) is 22.5 Å². The van der Waals surface area contributed by atoms with Crippen molar-refractivity contribution in [2.75, 3.05) is 0 Å². The molecule has 0 aliphatic heterocycles. The predicted molar refractivity (Wildman–Crippen MR) is 91.9 cm³/mol.